The molecule has 2 amide bonds. The molecule has 1 saturated heterocycles. The number of benzene rings is 2. The number of carbonyl (C=O) groups is 3. The predicted molar refractivity (Wildman–Crippen MR) is 156 cm³/mol. The van der Waals surface area contributed by atoms with Gasteiger partial charge < -0.3 is 15.1 Å². The second-order valence-electron chi connectivity index (χ2n) is 11.7. The van der Waals surface area contributed by atoms with Gasteiger partial charge in [-0.25, -0.2) is 0 Å². The van der Waals surface area contributed by atoms with Gasteiger partial charge in [0.05, 0.1) is 0 Å². The highest BCUT2D eigenvalue weighted by Crippen LogP contribution is 2.35. The summed E-state index contributed by atoms with van der Waals surface area (Å²) in [6.45, 7) is 3.25. The highest BCUT2D eigenvalue weighted by Gasteiger charge is 2.37. The van der Waals surface area contributed by atoms with Gasteiger partial charge >= 0.3 is 0 Å². The molecule has 2 aromatic rings. The Bertz CT molecular complexity index is 1150. The fourth-order valence-corrected chi connectivity index (χ4v) is 6.33. The monoisotopic (exact) mass is 551 g/mol. The molecule has 2 aromatic carbocycles. The molecule has 1 heterocycles. The Hall–Kier alpha value is -2.70. The molecule has 0 spiro atoms. The number of rotatable bonds is 9. The van der Waals surface area contributed by atoms with E-state index in [1.165, 1.54) is 11.1 Å². The molecule has 1 aliphatic heterocycles. The maximum absolute atomic E-state index is 12.8. The largest absolute Gasteiger partial charge is 0.353 e. The highest BCUT2D eigenvalue weighted by atomic mass is 35.5. The third-order valence-electron chi connectivity index (χ3n) is 8.76. The lowest BCUT2D eigenvalue weighted by atomic mass is 9.74. The molecular formula is C32H42ClN3O3. The van der Waals surface area contributed by atoms with Crippen LogP contribution < -0.4 is 5.32 Å². The second-order valence-corrected chi connectivity index (χ2v) is 12.1. The summed E-state index contributed by atoms with van der Waals surface area (Å²) in [5, 5.41) is 3.80. The molecule has 1 saturated carbocycles. The zero-order valence-electron chi connectivity index (χ0n) is 23.5. The van der Waals surface area contributed by atoms with Crippen LogP contribution in [0.25, 0.3) is 0 Å². The minimum Gasteiger partial charge on any atom is -0.353 e. The number of hydrogen-bond donors (Lipinski definition) is 1. The normalized spacial score (nSPS) is 22.1. The van der Waals surface area contributed by atoms with Crippen LogP contribution in [0.1, 0.15) is 72.9 Å². The van der Waals surface area contributed by atoms with Crippen molar-refractivity contribution < 1.29 is 14.4 Å². The van der Waals surface area contributed by atoms with Gasteiger partial charge in [0.15, 0.2) is 5.78 Å². The van der Waals surface area contributed by atoms with Crippen LogP contribution in [0, 0.1) is 12.8 Å². The van der Waals surface area contributed by atoms with Crippen molar-refractivity contribution in [2.24, 2.45) is 5.92 Å². The van der Waals surface area contributed by atoms with Crippen molar-refractivity contribution >= 4 is 29.2 Å². The Morgan fingerprint density at radius 2 is 1.64 bits per heavy atom. The third-order valence-corrected chi connectivity index (χ3v) is 9.01. The van der Waals surface area contributed by atoms with E-state index in [4.69, 9.17) is 11.6 Å². The predicted octanol–water partition coefficient (Wildman–Crippen LogP) is 5.45. The molecule has 39 heavy (non-hydrogen) atoms. The zero-order chi connectivity index (χ0) is 28.0. The smallest absolute Gasteiger partial charge is 0.223 e. The van der Waals surface area contributed by atoms with Crippen molar-refractivity contribution in [3.05, 3.63) is 70.2 Å². The van der Waals surface area contributed by atoms with Crippen LogP contribution in [-0.4, -0.2) is 66.2 Å². The average Bonchev–Trinajstić information content (AvgIpc) is 2.93. The molecule has 6 nitrogen and oxygen atoms in total. The van der Waals surface area contributed by atoms with Crippen LogP contribution in [0.4, 0.5) is 0 Å². The molecule has 0 atom stereocenters. The van der Waals surface area contributed by atoms with Crippen LogP contribution in [-0.2, 0) is 16.0 Å². The standard InChI is InChI=1S/C32H42ClN3O3/c1-23-5-4-6-24(21-23)22-32(35(2)3)17-13-28(14-18-32)34-29(37)11-12-30(38)36-19-15-26(16-20-36)31(39)25-7-9-27(33)10-8-25/h4-10,21,26,28H,11-20,22H2,1-3H3,(H,34,37). The first-order valence-electron chi connectivity index (χ1n) is 14.2. The summed E-state index contributed by atoms with van der Waals surface area (Å²) in [7, 11) is 4.33. The van der Waals surface area contributed by atoms with Gasteiger partial charge in [0, 0.05) is 54.0 Å². The molecule has 0 bridgehead atoms. The van der Waals surface area contributed by atoms with Gasteiger partial charge in [0.1, 0.15) is 0 Å². The molecule has 210 valence electrons. The number of likely N-dealkylation sites (N-methyl/N-ethyl adjacent to an activating group) is 1. The number of Topliss-reactive ketones (excluding diaryl/α,β-unsaturated/α-hetero) is 1. The minimum atomic E-state index is -0.0787. The first-order chi connectivity index (χ1) is 18.6. The summed E-state index contributed by atoms with van der Waals surface area (Å²) in [6, 6.07) is 15.9. The molecule has 1 N–H and O–H groups in total. The van der Waals surface area contributed by atoms with Gasteiger partial charge in [-0.05, 0) is 95.8 Å². The van der Waals surface area contributed by atoms with E-state index in [2.05, 4.69) is 55.5 Å². The van der Waals surface area contributed by atoms with Gasteiger partial charge in [-0.1, -0.05) is 41.4 Å². The molecule has 0 aromatic heterocycles. The lowest BCUT2D eigenvalue weighted by Gasteiger charge is -2.45. The molecular weight excluding hydrogens is 510 g/mol. The number of halogens is 1. The number of nitrogens with one attached hydrogen (secondary N) is 1. The first-order valence-corrected chi connectivity index (χ1v) is 14.6. The molecule has 2 fully saturated rings. The number of carbonyl (C=O) groups excluding carboxylic acids is 3. The summed E-state index contributed by atoms with van der Waals surface area (Å²) < 4.78 is 0. The summed E-state index contributed by atoms with van der Waals surface area (Å²) in [4.78, 5) is 42.4. The van der Waals surface area contributed by atoms with Crippen molar-refractivity contribution in [2.45, 2.75) is 76.3 Å². The fraction of sp³-hybridized carbons (Fsp3) is 0.531. The number of amides is 2. The summed E-state index contributed by atoms with van der Waals surface area (Å²) in [6.07, 6.45) is 6.68. The summed E-state index contributed by atoms with van der Waals surface area (Å²) >= 11 is 5.93. The van der Waals surface area contributed by atoms with Crippen molar-refractivity contribution in [1.82, 2.24) is 15.1 Å². The Balaban J connectivity index is 1.18. The van der Waals surface area contributed by atoms with Gasteiger partial charge in [-0.15, -0.1) is 0 Å². The van der Waals surface area contributed by atoms with E-state index in [-0.39, 0.29) is 47.9 Å². The van der Waals surface area contributed by atoms with Crippen LogP contribution in [0.5, 0.6) is 0 Å². The number of hydrogen-bond acceptors (Lipinski definition) is 4. The third kappa shape index (κ3) is 7.70. The summed E-state index contributed by atoms with van der Waals surface area (Å²) in [5.74, 6) is -0.0130. The van der Waals surface area contributed by atoms with E-state index in [1.54, 1.807) is 29.2 Å². The lowest BCUT2D eigenvalue weighted by Crippen LogP contribution is -2.52. The topological polar surface area (TPSA) is 69.7 Å². The van der Waals surface area contributed by atoms with Crippen molar-refractivity contribution in [3.63, 3.8) is 0 Å². The quantitative estimate of drug-likeness (QED) is 0.421. The van der Waals surface area contributed by atoms with E-state index in [1.807, 2.05) is 0 Å². The first kappa shape index (κ1) is 29.3. The Morgan fingerprint density at radius 3 is 2.26 bits per heavy atom. The van der Waals surface area contributed by atoms with Gasteiger partial charge in [-0.3, -0.25) is 14.4 Å². The molecule has 7 heteroatoms. The number of ketones is 1. The van der Waals surface area contributed by atoms with Crippen LogP contribution in [0.2, 0.25) is 5.02 Å². The van der Waals surface area contributed by atoms with Gasteiger partial charge in [0.25, 0.3) is 0 Å². The van der Waals surface area contributed by atoms with Gasteiger partial charge in [0.2, 0.25) is 11.8 Å². The highest BCUT2D eigenvalue weighted by molar-refractivity contribution is 6.30. The molecule has 4 rings (SSSR count). The van der Waals surface area contributed by atoms with Crippen molar-refractivity contribution in [3.8, 4) is 0 Å². The molecule has 1 aliphatic carbocycles. The van der Waals surface area contributed by atoms with Gasteiger partial charge in [-0.2, -0.15) is 0 Å². The number of aryl methyl sites for hydroxylation is 1. The van der Waals surface area contributed by atoms with Crippen molar-refractivity contribution in [2.75, 3.05) is 27.2 Å². The van der Waals surface area contributed by atoms with E-state index < -0.39 is 0 Å². The maximum Gasteiger partial charge on any atom is 0.223 e. The van der Waals surface area contributed by atoms with E-state index in [0.717, 1.165) is 32.1 Å². The molecule has 0 unspecified atom stereocenters. The Kier molecular flexibility index (Phi) is 9.84. The van der Waals surface area contributed by atoms with E-state index >= 15 is 0 Å². The Morgan fingerprint density at radius 1 is 0.974 bits per heavy atom. The SMILES string of the molecule is Cc1cccc(CC2(N(C)C)CCC(NC(=O)CCC(=O)N3CCC(C(=O)c4ccc(Cl)cc4)CC3)CC2)c1. The Labute approximate surface area is 238 Å². The summed E-state index contributed by atoms with van der Waals surface area (Å²) in [5.41, 5.74) is 3.42. The number of piperidine rings is 1. The molecule has 0 radical (unpaired) electrons. The zero-order valence-corrected chi connectivity index (χ0v) is 24.3. The van der Waals surface area contributed by atoms with Crippen LogP contribution in [0.3, 0.4) is 0 Å². The number of likely N-dealkylation sites (tertiary alicyclic amines) is 1. The van der Waals surface area contributed by atoms with Crippen LogP contribution in [0.15, 0.2) is 48.5 Å². The fourth-order valence-electron chi connectivity index (χ4n) is 6.20. The van der Waals surface area contributed by atoms with Crippen LogP contribution >= 0.6 is 11.6 Å². The van der Waals surface area contributed by atoms with E-state index in [0.29, 0.717) is 36.5 Å². The van der Waals surface area contributed by atoms with Crippen molar-refractivity contribution in [1.29, 1.82) is 0 Å². The average molecular weight is 552 g/mol. The second kappa shape index (κ2) is 13.1. The van der Waals surface area contributed by atoms with E-state index in [9.17, 15) is 14.4 Å². The lowest BCUT2D eigenvalue weighted by molar-refractivity contribution is -0.134. The minimum absolute atomic E-state index is 0.00374. The maximum atomic E-state index is 12.8. The number of nitrogens with zero attached hydrogens (tertiary/aromatic N) is 2. The molecule has 2 aliphatic rings.